The molecule has 3 rings (SSSR count). The lowest BCUT2D eigenvalue weighted by Crippen LogP contribution is -2.41. The number of aryl methyl sites for hydroxylation is 2. The van der Waals surface area contributed by atoms with Gasteiger partial charge in [0.25, 0.3) is 5.91 Å². The molecule has 1 atom stereocenters. The van der Waals surface area contributed by atoms with Crippen molar-refractivity contribution in [1.29, 1.82) is 0 Å². The fourth-order valence-corrected chi connectivity index (χ4v) is 3.46. The van der Waals surface area contributed by atoms with Gasteiger partial charge in [-0.3, -0.25) is 14.5 Å². The topological polar surface area (TPSA) is 75.7 Å². The van der Waals surface area contributed by atoms with Crippen molar-refractivity contribution in [3.05, 3.63) is 34.9 Å². The molecule has 6 nitrogen and oxygen atoms in total. The first-order chi connectivity index (χ1) is 11.5. The molecule has 1 aromatic carbocycles. The summed E-state index contributed by atoms with van der Waals surface area (Å²) in [6, 6.07) is 5.62. The Hall–Kier alpha value is -2.37. The van der Waals surface area contributed by atoms with E-state index in [1.165, 1.54) is 23.1 Å². The third kappa shape index (κ3) is 2.77. The smallest absolute Gasteiger partial charge is 0.325 e. The van der Waals surface area contributed by atoms with Gasteiger partial charge in [-0.25, -0.2) is 4.79 Å². The number of rotatable bonds is 5. The van der Waals surface area contributed by atoms with E-state index in [0.717, 1.165) is 24.8 Å². The minimum Gasteiger partial charge on any atom is -0.469 e. The lowest BCUT2D eigenvalue weighted by molar-refractivity contribution is -0.141. The van der Waals surface area contributed by atoms with Crippen molar-refractivity contribution in [2.45, 2.75) is 44.6 Å². The van der Waals surface area contributed by atoms with Gasteiger partial charge >= 0.3 is 12.0 Å². The van der Waals surface area contributed by atoms with Crippen molar-refractivity contribution in [1.82, 2.24) is 10.2 Å². The number of nitrogens with one attached hydrogen (secondary N) is 1. The first-order valence-electron chi connectivity index (χ1n) is 8.29. The maximum absolute atomic E-state index is 12.8. The summed E-state index contributed by atoms with van der Waals surface area (Å²) in [4.78, 5) is 37.4. The molecule has 1 aromatic rings. The van der Waals surface area contributed by atoms with Crippen molar-refractivity contribution in [2.24, 2.45) is 0 Å². The Morgan fingerprint density at radius 2 is 2.04 bits per heavy atom. The van der Waals surface area contributed by atoms with E-state index >= 15 is 0 Å². The van der Waals surface area contributed by atoms with Crippen molar-refractivity contribution in [3.8, 4) is 0 Å². The number of hydrogen-bond donors (Lipinski definition) is 1. The van der Waals surface area contributed by atoms with Gasteiger partial charge in [0.15, 0.2) is 0 Å². The summed E-state index contributed by atoms with van der Waals surface area (Å²) in [6.07, 6.45) is 3.81. The minimum atomic E-state index is -1.04. The highest BCUT2D eigenvalue weighted by Crippen LogP contribution is 2.32. The van der Waals surface area contributed by atoms with E-state index in [2.05, 4.69) is 16.1 Å². The van der Waals surface area contributed by atoms with Crippen LogP contribution in [0.4, 0.5) is 4.79 Å². The van der Waals surface area contributed by atoms with Crippen molar-refractivity contribution in [3.63, 3.8) is 0 Å². The number of nitrogens with zero attached hydrogens (tertiary/aromatic N) is 1. The van der Waals surface area contributed by atoms with Gasteiger partial charge in [-0.1, -0.05) is 18.2 Å². The average Bonchev–Trinajstić information content (AvgIpc) is 3.12. The van der Waals surface area contributed by atoms with Gasteiger partial charge in [0.1, 0.15) is 5.54 Å². The molecule has 1 N–H and O–H groups in total. The van der Waals surface area contributed by atoms with Gasteiger partial charge in [0.2, 0.25) is 0 Å². The molecule has 3 amide bonds. The number of esters is 1. The predicted molar refractivity (Wildman–Crippen MR) is 87.3 cm³/mol. The Kier molecular flexibility index (Phi) is 4.30. The number of ether oxygens (including phenoxy) is 1. The Morgan fingerprint density at radius 3 is 2.79 bits per heavy atom. The molecule has 1 fully saturated rings. The van der Waals surface area contributed by atoms with Gasteiger partial charge in [-0.15, -0.1) is 0 Å². The summed E-state index contributed by atoms with van der Waals surface area (Å²) >= 11 is 0. The van der Waals surface area contributed by atoms with E-state index in [1.54, 1.807) is 6.92 Å². The van der Waals surface area contributed by atoms with Crippen molar-refractivity contribution < 1.29 is 19.1 Å². The maximum atomic E-state index is 12.8. The van der Waals surface area contributed by atoms with Crippen LogP contribution >= 0.6 is 0 Å². The van der Waals surface area contributed by atoms with Crippen LogP contribution in [0.5, 0.6) is 0 Å². The SMILES string of the molecule is COC(=O)CCCN1C(=O)NC(C)(c2ccc3c(c2)CCC3)C1=O. The number of benzene rings is 1. The number of fused-ring (bicyclic) bond motifs is 1. The standard InChI is InChI=1S/C18H22N2O4/c1-18(14-9-8-12-5-3-6-13(12)11-14)16(22)20(17(23)19-18)10-4-7-15(21)24-2/h8-9,11H,3-7,10H2,1-2H3,(H,19,23). The summed E-state index contributed by atoms with van der Waals surface area (Å²) in [7, 11) is 1.32. The van der Waals surface area contributed by atoms with Gasteiger partial charge in [-0.2, -0.15) is 0 Å². The fraction of sp³-hybridized carbons (Fsp3) is 0.500. The zero-order chi connectivity index (χ0) is 17.3. The molecule has 0 spiro atoms. The monoisotopic (exact) mass is 330 g/mol. The van der Waals surface area contributed by atoms with Crippen LogP contribution in [0.3, 0.4) is 0 Å². The zero-order valence-electron chi connectivity index (χ0n) is 14.1. The highest BCUT2D eigenvalue weighted by atomic mass is 16.5. The van der Waals surface area contributed by atoms with Crippen LogP contribution in [0, 0.1) is 0 Å². The molecule has 0 bridgehead atoms. The molecule has 2 aliphatic rings. The predicted octanol–water partition coefficient (Wildman–Crippen LogP) is 1.90. The molecule has 128 valence electrons. The minimum absolute atomic E-state index is 0.184. The second-order valence-electron chi connectivity index (χ2n) is 6.53. The van der Waals surface area contributed by atoms with E-state index in [1.807, 2.05) is 12.1 Å². The Balaban J connectivity index is 1.75. The quantitative estimate of drug-likeness (QED) is 0.661. The molecular formula is C18H22N2O4. The molecule has 1 aliphatic carbocycles. The van der Waals surface area contributed by atoms with Crippen LogP contribution in [0.2, 0.25) is 0 Å². The molecule has 6 heteroatoms. The van der Waals surface area contributed by atoms with E-state index in [0.29, 0.717) is 6.42 Å². The number of imide groups is 1. The third-order valence-corrected chi connectivity index (χ3v) is 4.94. The first-order valence-corrected chi connectivity index (χ1v) is 8.29. The van der Waals surface area contributed by atoms with E-state index in [-0.39, 0.29) is 24.8 Å². The molecule has 1 unspecified atom stereocenters. The van der Waals surface area contributed by atoms with Crippen LogP contribution < -0.4 is 5.32 Å². The Labute approximate surface area is 141 Å². The molecule has 1 saturated heterocycles. The Morgan fingerprint density at radius 1 is 1.29 bits per heavy atom. The normalized spacial score (nSPS) is 22.5. The number of amides is 3. The Bertz CT molecular complexity index is 700. The van der Waals surface area contributed by atoms with E-state index in [4.69, 9.17) is 0 Å². The van der Waals surface area contributed by atoms with Gasteiger partial charge < -0.3 is 10.1 Å². The highest BCUT2D eigenvalue weighted by molar-refractivity contribution is 6.07. The highest BCUT2D eigenvalue weighted by Gasteiger charge is 2.48. The summed E-state index contributed by atoms with van der Waals surface area (Å²) in [5.41, 5.74) is 2.37. The zero-order valence-corrected chi connectivity index (χ0v) is 14.1. The molecule has 0 saturated carbocycles. The molecular weight excluding hydrogens is 308 g/mol. The van der Waals surface area contributed by atoms with Crippen LogP contribution in [0.1, 0.15) is 42.9 Å². The van der Waals surface area contributed by atoms with Crippen LogP contribution in [-0.2, 0) is 32.7 Å². The number of carbonyl (C=O) groups is 3. The van der Waals surface area contributed by atoms with Crippen molar-refractivity contribution >= 4 is 17.9 Å². The van der Waals surface area contributed by atoms with Crippen LogP contribution in [0.15, 0.2) is 18.2 Å². The second-order valence-corrected chi connectivity index (χ2v) is 6.53. The molecule has 24 heavy (non-hydrogen) atoms. The van der Waals surface area contributed by atoms with Gasteiger partial charge in [0, 0.05) is 13.0 Å². The number of carbonyl (C=O) groups excluding carboxylic acids is 3. The van der Waals surface area contributed by atoms with E-state index in [9.17, 15) is 14.4 Å². The molecule has 1 aliphatic heterocycles. The average molecular weight is 330 g/mol. The number of methoxy groups -OCH3 is 1. The summed E-state index contributed by atoms with van der Waals surface area (Å²) in [5.74, 6) is -0.612. The molecule has 1 heterocycles. The number of urea groups is 1. The fourth-order valence-electron chi connectivity index (χ4n) is 3.46. The lowest BCUT2D eigenvalue weighted by atomic mass is 9.89. The summed E-state index contributed by atoms with van der Waals surface area (Å²) in [6.45, 7) is 1.95. The maximum Gasteiger partial charge on any atom is 0.325 e. The second kappa shape index (κ2) is 6.26. The van der Waals surface area contributed by atoms with Crippen LogP contribution in [-0.4, -0.2) is 36.5 Å². The molecule has 0 radical (unpaired) electrons. The summed E-state index contributed by atoms with van der Waals surface area (Å²) < 4.78 is 4.58. The van der Waals surface area contributed by atoms with E-state index < -0.39 is 11.6 Å². The number of hydrogen-bond acceptors (Lipinski definition) is 4. The largest absolute Gasteiger partial charge is 0.469 e. The molecule has 0 aromatic heterocycles. The first kappa shape index (κ1) is 16.5. The van der Waals surface area contributed by atoms with Crippen LogP contribution in [0.25, 0.3) is 0 Å². The van der Waals surface area contributed by atoms with Crippen molar-refractivity contribution in [2.75, 3.05) is 13.7 Å². The summed E-state index contributed by atoms with van der Waals surface area (Å²) in [5, 5.41) is 2.81. The lowest BCUT2D eigenvalue weighted by Gasteiger charge is -2.23. The van der Waals surface area contributed by atoms with Gasteiger partial charge in [-0.05, 0) is 49.3 Å². The third-order valence-electron chi connectivity index (χ3n) is 4.94. The van der Waals surface area contributed by atoms with Gasteiger partial charge in [0.05, 0.1) is 7.11 Å².